The molecule has 1 amide bonds. The lowest BCUT2D eigenvalue weighted by Crippen LogP contribution is -2.44. The molecule has 1 aliphatic rings. The Bertz CT molecular complexity index is 490. The SMILES string of the molecule is CC(C)(C)OC(=O)N(c1ccccc1Br)C1CCCCC1. The first kappa shape index (κ1) is 16.3. The number of hydrogen-bond donors (Lipinski definition) is 0. The van der Waals surface area contributed by atoms with Gasteiger partial charge in [0.2, 0.25) is 0 Å². The number of carbonyl (C=O) groups is 1. The number of halogens is 1. The Kier molecular flexibility index (Phi) is 5.31. The van der Waals surface area contributed by atoms with Crippen LogP contribution in [0.15, 0.2) is 28.7 Å². The molecule has 0 atom stereocenters. The van der Waals surface area contributed by atoms with Gasteiger partial charge in [0, 0.05) is 10.5 Å². The molecule has 0 saturated heterocycles. The van der Waals surface area contributed by atoms with E-state index < -0.39 is 5.60 Å². The number of hydrogen-bond acceptors (Lipinski definition) is 2. The van der Waals surface area contributed by atoms with E-state index in [1.165, 1.54) is 19.3 Å². The van der Waals surface area contributed by atoms with Gasteiger partial charge >= 0.3 is 6.09 Å². The van der Waals surface area contributed by atoms with Crippen molar-refractivity contribution in [2.24, 2.45) is 0 Å². The summed E-state index contributed by atoms with van der Waals surface area (Å²) in [5.74, 6) is 0. The Balaban J connectivity index is 2.30. The summed E-state index contributed by atoms with van der Waals surface area (Å²) in [6.07, 6.45) is 5.44. The van der Waals surface area contributed by atoms with E-state index in [4.69, 9.17) is 4.74 Å². The number of nitrogens with zero attached hydrogens (tertiary/aromatic N) is 1. The van der Waals surface area contributed by atoms with Gasteiger partial charge in [-0.3, -0.25) is 4.90 Å². The van der Waals surface area contributed by atoms with E-state index in [1.807, 2.05) is 49.9 Å². The smallest absolute Gasteiger partial charge is 0.415 e. The second-order valence-corrected chi connectivity index (χ2v) is 7.45. The Labute approximate surface area is 135 Å². The van der Waals surface area contributed by atoms with Crippen LogP contribution in [0.3, 0.4) is 0 Å². The molecule has 0 radical (unpaired) electrons. The van der Waals surface area contributed by atoms with E-state index in [-0.39, 0.29) is 12.1 Å². The van der Waals surface area contributed by atoms with Crippen LogP contribution >= 0.6 is 15.9 Å². The van der Waals surface area contributed by atoms with Crippen LogP contribution in [0.1, 0.15) is 52.9 Å². The van der Waals surface area contributed by atoms with Crippen LogP contribution in [0, 0.1) is 0 Å². The van der Waals surface area contributed by atoms with Crippen molar-refractivity contribution in [2.75, 3.05) is 4.90 Å². The standard InChI is InChI=1S/C17H24BrNO2/c1-17(2,3)21-16(20)19(13-9-5-4-6-10-13)15-12-8-7-11-14(15)18/h7-8,11-13H,4-6,9-10H2,1-3H3. The average molecular weight is 354 g/mol. The number of benzene rings is 1. The summed E-state index contributed by atoms with van der Waals surface area (Å²) in [6, 6.07) is 8.09. The van der Waals surface area contributed by atoms with E-state index in [0.717, 1.165) is 23.0 Å². The molecular weight excluding hydrogens is 330 g/mol. The Morgan fingerprint density at radius 2 is 1.81 bits per heavy atom. The van der Waals surface area contributed by atoms with Crippen LogP contribution in [0.25, 0.3) is 0 Å². The van der Waals surface area contributed by atoms with Gasteiger partial charge in [0.05, 0.1) is 5.69 Å². The largest absolute Gasteiger partial charge is 0.443 e. The monoisotopic (exact) mass is 353 g/mol. The van der Waals surface area contributed by atoms with Gasteiger partial charge in [0.15, 0.2) is 0 Å². The van der Waals surface area contributed by atoms with Gasteiger partial charge in [-0.05, 0) is 61.7 Å². The normalized spacial score (nSPS) is 16.6. The van der Waals surface area contributed by atoms with Crippen molar-refractivity contribution in [1.82, 2.24) is 0 Å². The molecule has 1 aromatic rings. The highest BCUT2D eigenvalue weighted by atomic mass is 79.9. The molecule has 21 heavy (non-hydrogen) atoms. The summed E-state index contributed by atoms with van der Waals surface area (Å²) in [5, 5.41) is 0. The first-order valence-corrected chi connectivity index (χ1v) is 8.44. The molecule has 1 fully saturated rings. The van der Waals surface area contributed by atoms with E-state index in [0.29, 0.717) is 0 Å². The third-order valence-corrected chi connectivity index (χ3v) is 4.31. The van der Waals surface area contributed by atoms with Gasteiger partial charge in [-0.25, -0.2) is 4.79 Å². The average Bonchev–Trinajstić information content (AvgIpc) is 2.40. The van der Waals surface area contributed by atoms with Crippen LogP contribution in [0.5, 0.6) is 0 Å². The Hall–Kier alpha value is -1.03. The van der Waals surface area contributed by atoms with E-state index in [2.05, 4.69) is 15.9 Å². The molecule has 0 N–H and O–H groups in total. The number of para-hydroxylation sites is 1. The highest BCUT2D eigenvalue weighted by molar-refractivity contribution is 9.10. The maximum Gasteiger partial charge on any atom is 0.415 e. The molecule has 4 heteroatoms. The molecule has 0 heterocycles. The minimum Gasteiger partial charge on any atom is -0.443 e. The first-order valence-electron chi connectivity index (χ1n) is 7.65. The summed E-state index contributed by atoms with van der Waals surface area (Å²) in [7, 11) is 0. The molecule has 0 aromatic heterocycles. The zero-order chi connectivity index (χ0) is 15.5. The van der Waals surface area contributed by atoms with Crippen molar-refractivity contribution in [3.05, 3.63) is 28.7 Å². The molecule has 1 saturated carbocycles. The first-order chi connectivity index (χ1) is 9.88. The van der Waals surface area contributed by atoms with Gasteiger partial charge in [0.25, 0.3) is 0 Å². The summed E-state index contributed by atoms with van der Waals surface area (Å²) in [5.41, 5.74) is 0.421. The minimum absolute atomic E-state index is 0.229. The molecule has 0 unspecified atom stereocenters. The lowest BCUT2D eigenvalue weighted by molar-refractivity contribution is 0.0558. The van der Waals surface area contributed by atoms with Gasteiger partial charge < -0.3 is 4.74 Å². The van der Waals surface area contributed by atoms with Gasteiger partial charge in [0.1, 0.15) is 5.60 Å². The van der Waals surface area contributed by atoms with E-state index in [9.17, 15) is 4.79 Å². The van der Waals surface area contributed by atoms with Crippen molar-refractivity contribution >= 4 is 27.7 Å². The number of carbonyl (C=O) groups excluding carboxylic acids is 1. The van der Waals surface area contributed by atoms with E-state index in [1.54, 1.807) is 0 Å². The summed E-state index contributed by atoms with van der Waals surface area (Å²) in [4.78, 5) is 14.5. The summed E-state index contributed by atoms with van der Waals surface area (Å²) >= 11 is 3.56. The maximum absolute atomic E-state index is 12.7. The fourth-order valence-corrected chi connectivity index (χ4v) is 3.22. The minimum atomic E-state index is -0.481. The molecular formula is C17H24BrNO2. The van der Waals surface area contributed by atoms with Crippen LogP contribution in [-0.4, -0.2) is 17.7 Å². The molecule has 0 aliphatic heterocycles. The molecule has 0 bridgehead atoms. The molecule has 116 valence electrons. The Morgan fingerprint density at radius 3 is 2.38 bits per heavy atom. The fraction of sp³-hybridized carbons (Fsp3) is 0.588. The van der Waals surface area contributed by atoms with Crippen LogP contribution in [0.2, 0.25) is 0 Å². The third kappa shape index (κ3) is 4.47. The lowest BCUT2D eigenvalue weighted by Gasteiger charge is -2.36. The van der Waals surface area contributed by atoms with Crippen molar-refractivity contribution in [3.8, 4) is 0 Å². The number of ether oxygens (including phenoxy) is 1. The second kappa shape index (κ2) is 6.82. The van der Waals surface area contributed by atoms with Gasteiger partial charge in [-0.15, -0.1) is 0 Å². The fourth-order valence-electron chi connectivity index (χ4n) is 2.74. The van der Waals surface area contributed by atoms with Crippen LogP contribution < -0.4 is 4.90 Å². The maximum atomic E-state index is 12.7. The van der Waals surface area contributed by atoms with Crippen LogP contribution in [0.4, 0.5) is 10.5 Å². The molecule has 3 nitrogen and oxygen atoms in total. The van der Waals surface area contributed by atoms with Crippen molar-refractivity contribution < 1.29 is 9.53 Å². The summed E-state index contributed by atoms with van der Waals surface area (Å²) in [6.45, 7) is 5.72. The van der Waals surface area contributed by atoms with Crippen LogP contribution in [-0.2, 0) is 4.74 Å². The van der Waals surface area contributed by atoms with Crippen molar-refractivity contribution in [3.63, 3.8) is 0 Å². The van der Waals surface area contributed by atoms with Gasteiger partial charge in [-0.2, -0.15) is 0 Å². The molecule has 0 spiro atoms. The lowest BCUT2D eigenvalue weighted by atomic mass is 9.94. The predicted octanol–water partition coefficient (Wildman–Crippen LogP) is 5.52. The topological polar surface area (TPSA) is 29.5 Å². The number of amides is 1. The highest BCUT2D eigenvalue weighted by Gasteiger charge is 2.31. The van der Waals surface area contributed by atoms with Gasteiger partial charge in [-0.1, -0.05) is 31.4 Å². The number of anilines is 1. The quantitative estimate of drug-likeness (QED) is 0.699. The van der Waals surface area contributed by atoms with Crippen molar-refractivity contribution in [1.29, 1.82) is 0 Å². The Morgan fingerprint density at radius 1 is 1.19 bits per heavy atom. The summed E-state index contributed by atoms with van der Waals surface area (Å²) < 4.78 is 6.56. The molecule has 1 aliphatic carbocycles. The van der Waals surface area contributed by atoms with E-state index >= 15 is 0 Å². The predicted molar refractivity (Wildman–Crippen MR) is 89.7 cm³/mol. The zero-order valence-corrected chi connectivity index (χ0v) is 14.6. The molecule has 1 aromatic carbocycles. The third-order valence-electron chi connectivity index (χ3n) is 3.64. The number of rotatable bonds is 2. The van der Waals surface area contributed by atoms with Crippen molar-refractivity contribution in [2.45, 2.75) is 64.5 Å². The zero-order valence-electron chi connectivity index (χ0n) is 13.1. The molecule has 2 rings (SSSR count). The highest BCUT2D eigenvalue weighted by Crippen LogP contribution is 2.33. The second-order valence-electron chi connectivity index (χ2n) is 6.59.